The van der Waals surface area contributed by atoms with Crippen LogP contribution >= 0.6 is 35.4 Å². The summed E-state index contributed by atoms with van der Waals surface area (Å²) < 4.78 is 27.6. The van der Waals surface area contributed by atoms with Gasteiger partial charge in [-0.1, -0.05) is 0 Å². The molecular weight excluding hydrogens is 305 g/mol. The SMILES string of the molecule is O=S1(=O)CC[C@H](CNC(=S)OC[C@@H](Cl)CCl)C1. The maximum absolute atomic E-state index is 11.2. The van der Waals surface area contributed by atoms with Crippen LogP contribution in [-0.4, -0.2) is 49.5 Å². The summed E-state index contributed by atoms with van der Waals surface area (Å²) in [7, 11) is -2.84. The number of sulfone groups is 1. The van der Waals surface area contributed by atoms with Crippen LogP contribution in [0.4, 0.5) is 0 Å². The van der Waals surface area contributed by atoms with Gasteiger partial charge in [0, 0.05) is 12.4 Å². The molecule has 0 bridgehead atoms. The van der Waals surface area contributed by atoms with Crippen LogP contribution in [0.3, 0.4) is 0 Å². The Morgan fingerprint density at radius 1 is 1.59 bits per heavy atom. The Hall–Kier alpha value is 0.220. The molecule has 100 valence electrons. The van der Waals surface area contributed by atoms with Crippen molar-refractivity contribution in [2.75, 3.05) is 30.5 Å². The van der Waals surface area contributed by atoms with Crippen LogP contribution < -0.4 is 5.32 Å². The maximum atomic E-state index is 11.2. The molecule has 1 fully saturated rings. The van der Waals surface area contributed by atoms with Crippen LogP contribution in [0.25, 0.3) is 0 Å². The normalized spacial score (nSPS) is 24.2. The van der Waals surface area contributed by atoms with Gasteiger partial charge in [0.1, 0.15) is 6.61 Å². The molecule has 0 radical (unpaired) electrons. The molecule has 1 heterocycles. The molecule has 8 heteroatoms. The molecule has 0 aliphatic carbocycles. The molecule has 0 saturated carbocycles. The van der Waals surface area contributed by atoms with E-state index in [0.717, 1.165) is 0 Å². The molecule has 1 N–H and O–H groups in total. The number of nitrogens with one attached hydrogen (secondary N) is 1. The first-order valence-corrected chi connectivity index (χ1v) is 8.44. The molecule has 2 atom stereocenters. The fourth-order valence-electron chi connectivity index (χ4n) is 1.52. The smallest absolute Gasteiger partial charge is 0.256 e. The number of hydrogen-bond acceptors (Lipinski definition) is 4. The van der Waals surface area contributed by atoms with E-state index in [4.69, 9.17) is 40.2 Å². The zero-order valence-electron chi connectivity index (χ0n) is 9.19. The highest BCUT2D eigenvalue weighted by Crippen LogP contribution is 2.17. The zero-order valence-corrected chi connectivity index (χ0v) is 12.3. The third-order valence-corrected chi connectivity index (χ3v) is 5.33. The molecule has 0 unspecified atom stereocenters. The van der Waals surface area contributed by atoms with Gasteiger partial charge in [0.05, 0.1) is 16.9 Å². The monoisotopic (exact) mass is 319 g/mol. The lowest BCUT2D eigenvalue weighted by Gasteiger charge is -2.13. The molecule has 0 amide bonds. The summed E-state index contributed by atoms with van der Waals surface area (Å²) in [5.41, 5.74) is 0. The van der Waals surface area contributed by atoms with Crippen LogP contribution in [0.5, 0.6) is 0 Å². The molecule has 1 aliphatic rings. The minimum absolute atomic E-state index is 0.112. The second kappa shape index (κ2) is 6.97. The molecule has 1 aliphatic heterocycles. The van der Waals surface area contributed by atoms with Crippen LogP contribution in [0.1, 0.15) is 6.42 Å². The van der Waals surface area contributed by atoms with Crippen LogP contribution in [-0.2, 0) is 14.6 Å². The van der Waals surface area contributed by atoms with Gasteiger partial charge in [-0.15, -0.1) is 23.2 Å². The van der Waals surface area contributed by atoms with E-state index in [0.29, 0.717) is 18.8 Å². The van der Waals surface area contributed by atoms with Gasteiger partial charge >= 0.3 is 0 Å². The van der Waals surface area contributed by atoms with Crippen molar-refractivity contribution in [2.45, 2.75) is 11.8 Å². The highest BCUT2D eigenvalue weighted by Gasteiger charge is 2.27. The average molecular weight is 320 g/mol. The standard InChI is InChI=1S/C9H15Cl2NO3S2/c10-3-8(11)5-15-9(16)12-4-7-1-2-17(13,14)6-7/h7-8H,1-6H2,(H,12,16)/t7-,8+/m1/s1. The molecule has 0 aromatic carbocycles. The minimum Gasteiger partial charge on any atom is -0.469 e. The predicted molar refractivity (Wildman–Crippen MR) is 73.7 cm³/mol. The maximum Gasteiger partial charge on any atom is 0.256 e. The summed E-state index contributed by atoms with van der Waals surface area (Å²) in [5.74, 6) is 0.901. The molecule has 0 aromatic rings. The van der Waals surface area contributed by atoms with E-state index in [1.807, 2.05) is 0 Å². The van der Waals surface area contributed by atoms with Crippen molar-refractivity contribution in [3.05, 3.63) is 0 Å². The van der Waals surface area contributed by atoms with E-state index < -0.39 is 9.84 Å². The van der Waals surface area contributed by atoms with E-state index in [1.165, 1.54) is 0 Å². The van der Waals surface area contributed by atoms with E-state index in [9.17, 15) is 8.42 Å². The highest BCUT2D eigenvalue weighted by atomic mass is 35.5. The molecule has 1 rings (SSSR count). The fourth-order valence-corrected chi connectivity index (χ4v) is 3.69. The van der Waals surface area contributed by atoms with E-state index >= 15 is 0 Å². The Bertz CT molecular complexity index is 361. The minimum atomic E-state index is -2.84. The van der Waals surface area contributed by atoms with Gasteiger partial charge in [-0.2, -0.15) is 0 Å². The van der Waals surface area contributed by atoms with Gasteiger partial charge in [0.25, 0.3) is 5.17 Å². The summed E-state index contributed by atoms with van der Waals surface area (Å²) in [5, 5.41) is 2.85. The second-order valence-corrected chi connectivity index (χ2v) is 7.53. The number of thiocarbonyl (C=S) groups is 1. The number of rotatable bonds is 5. The Morgan fingerprint density at radius 2 is 2.29 bits per heavy atom. The average Bonchev–Trinajstić information content (AvgIpc) is 2.63. The van der Waals surface area contributed by atoms with E-state index in [1.54, 1.807) is 0 Å². The van der Waals surface area contributed by atoms with Crippen LogP contribution in [0, 0.1) is 5.92 Å². The summed E-state index contributed by atoms with van der Waals surface area (Å²) in [6.07, 6.45) is 0.678. The first-order valence-electron chi connectivity index (χ1n) is 5.24. The van der Waals surface area contributed by atoms with Crippen LogP contribution in [0.2, 0.25) is 0 Å². The van der Waals surface area contributed by atoms with E-state index in [-0.39, 0.29) is 34.6 Å². The largest absolute Gasteiger partial charge is 0.469 e. The number of ether oxygens (including phenoxy) is 1. The van der Waals surface area contributed by atoms with Gasteiger partial charge in [-0.25, -0.2) is 8.42 Å². The quantitative estimate of drug-likeness (QED) is 0.608. The molecular formula is C9H15Cl2NO3S2. The third kappa shape index (κ3) is 6.08. The predicted octanol–water partition coefficient (Wildman–Crippen LogP) is 1.16. The van der Waals surface area contributed by atoms with E-state index in [2.05, 4.69) is 5.32 Å². The highest BCUT2D eigenvalue weighted by molar-refractivity contribution is 7.91. The summed E-state index contributed by atoms with van der Waals surface area (Å²) in [6.45, 7) is 0.770. The Balaban J connectivity index is 2.16. The molecule has 0 aromatic heterocycles. The Morgan fingerprint density at radius 3 is 2.82 bits per heavy atom. The topological polar surface area (TPSA) is 55.4 Å². The third-order valence-electron chi connectivity index (χ3n) is 2.42. The van der Waals surface area contributed by atoms with Gasteiger partial charge in [-0.3, -0.25) is 0 Å². The summed E-state index contributed by atoms with van der Waals surface area (Å²) >= 11 is 16.2. The lowest BCUT2D eigenvalue weighted by Crippen LogP contribution is -2.31. The molecule has 4 nitrogen and oxygen atoms in total. The van der Waals surface area contributed by atoms with Crippen molar-refractivity contribution >= 4 is 50.4 Å². The fraction of sp³-hybridized carbons (Fsp3) is 0.889. The van der Waals surface area contributed by atoms with Crippen molar-refractivity contribution < 1.29 is 13.2 Å². The zero-order chi connectivity index (χ0) is 12.9. The molecule has 1 saturated heterocycles. The lowest BCUT2D eigenvalue weighted by molar-refractivity contribution is 0.299. The Kier molecular flexibility index (Phi) is 6.26. The Labute approximate surface area is 117 Å². The van der Waals surface area contributed by atoms with Crippen molar-refractivity contribution in [2.24, 2.45) is 5.92 Å². The number of halogens is 2. The van der Waals surface area contributed by atoms with Crippen molar-refractivity contribution in [1.82, 2.24) is 5.32 Å². The number of alkyl halides is 2. The summed E-state index contributed by atoms with van der Waals surface area (Å²) in [6, 6.07) is 0. The van der Waals surface area contributed by atoms with Crippen molar-refractivity contribution in [3.8, 4) is 0 Å². The van der Waals surface area contributed by atoms with Gasteiger partial charge in [0.15, 0.2) is 9.84 Å². The first kappa shape index (κ1) is 15.3. The number of hydrogen-bond donors (Lipinski definition) is 1. The summed E-state index contributed by atoms with van der Waals surface area (Å²) in [4.78, 5) is 0. The molecule has 0 spiro atoms. The van der Waals surface area contributed by atoms with Crippen molar-refractivity contribution in [3.63, 3.8) is 0 Å². The molecule has 17 heavy (non-hydrogen) atoms. The first-order chi connectivity index (χ1) is 7.93. The van der Waals surface area contributed by atoms with Crippen LogP contribution in [0.15, 0.2) is 0 Å². The van der Waals surface area contributed by atoms with Gasteiger partial charge < -0.3 is 10.1 Å². The van der Waals surface area contributed by atoms with Gasteiger partial charge in [-0.05, 0) is 24.6 Å². The van der Waals surface area contributed by atoms with Crippen molar-refractivity contribution in [1.29, 1.82) is 0 Å². The second-order valence-electron chi connectivity index (χ2n) is 4.00. The lowest BCUT2D eigenvalue weighted by atomic mass is 10.1. The van der Waals surface area contributed by atoms with Gasteiger partial charge in [0.2, 0.25) is 0 Å².